The van der Waals surface area contributed by atoms with Crippen LogP contribution in [0.1, 0.15) is 5.56 Å². The van der Waals surface area contributed by atoms with Crippen molar-refractivity contribution in [2.45, 2.75) is 6.92 Å². The molecule has 2 aromatic heterocycles. The number of pyridine rings is 1. The molecule has 0 aliphatic rings. The first-order valence-corrected chi connectivity index (χ1v) is 7.18. The molecule has 0 aliphatic heterocycles. The molecule has 0 spiro atoms. The summed E-state index contributed by atoms with van der Waals surface area (Å²) in [6.07, 6.45) is 1.87. The Labute approximate surface area is 134 Å². The zero-order valence-electron chi connectivity index (χ0n) is 12.9. The number of anilines is 1. The van der Waals surface area contributed by atoms with Gasteiger partial charge in [-0.3, -0.25) is 4.68 Å². The van der Waals surface area contributed by atoms with E-state index < -0.39 is 6.03 Å². The molecular weight excluding hydrogens is 290 g/mol. The number of hydrogen-bond acceptors (Lipinski definition) is 3. The number of carbonyl (C=O) groups excluding carboxylic acids is 1. The zero-order chi connectivity index (χ0) is 16.4. The number of nitrogens with two attached hydrogens (primary N) is 1. The minimum absolute atomic E-state index is 0.584. The number of aryl methyl sites for hydroxylation is 2. The minimum atomic E-state index is -0.617. The smallest absolute Gasteiger partial charge is 0.316 e. The molecule has 6 nitrogen and oxygen atoms in total. The van der Waals surface area contributed by atoms with Crippen molar-refractivity contribution in [2.75, 3.05) is 5.32 Å². The molecule has 0 aliphatic carbocycles. The van der Waals surface area contributed by atoms with Crippen LogP contribution in [0.25, 0.3) is 22.6 Å². The Morgan fingerprint density at radius 2 is 1.91 bits per heavy atom. The quantitative estimate of drug-likeness (QED) is 0.780. The standard InChI is InChI=1S/C17H17N5O/c1-11-10-14(19-17(18)23)16(12-6-4-3-5-7-12)20-15(11)13-8-9-22(2)21-13/h3-10H,1-2H3,(H3,18,19,23). The third-order valence-electron chi connectivity index (χ3n) is 3.47. The third-order valence-corrected chi connectivity index (χ3v) is 3.47. The molecule has 3 rings (SSSR count). The van der Waals surface area contributed by atoms with Crippen molar-refractivity contribution in [3.63, 3.8) is 0 Å². The van der Waals surface area contributed by atoms with Gasteiger partial charge in [0.25, 0.3) is 0 Å². The monoisotopic (exact) mass is 307 g/mol. The summed E-state index contributed by atoms with van der Waals surface area (Å²) in [5.74, 6) is 0. The summed E-state index contributed by atoms with van der Waals surface area (Å²) in [4.78, 5) is 16.0. The summed E-state index contributed by atoms with van der Waals surface area (Å²) < 4.78 is 1.73. The molecule has 3 N–H and O–H groups in total. The van der Waals surface area contributed by atoms with E-state index in [1.165, 1.54) is 0 Å². The number of nitrogens with one attached hydrogen (secondary N) is 1. The lowest BCUT2D eigenvalue weighted by Crippen LogP contribution is -2.20. The molecule has 0 radical (unpaired) electrons. The Hall–Kier alpha value is -3.15. The average molecular weight is 307 g/mol. The van der Waals surface area contributed by atoms with Gasteiger partial charge in [0.15, 0.2) is 0 Å². The molecule has 0 bridgehead atoms. The van der Waals surface area contributed by atoms with Crippen molar-refractivity contribution in [1.29, 1.82) is 0 Å². The van der Waals surface area contributed by atoms with Gasteiger partial charge in [-0.05, 0) is 24.6 Å². The summed E-state index contributed by atoms with van der Waals surface area (Å²) in [5.41, 5.74) is 9.90. The SMILES string of the molecule is Cc1cc(NC(N)=O)c(-c2ccccc2)nc1-c1ccn(C)n1. The second kappa shape index (κ2) is 5.92. The summed E-state index contributed by atoms with van der Waals surface area (Å²) in [5, 5.41) is 7.06. The van der Waals surface area contributed by atoms with Crippen LogP contribution >= 0.6 is 0 Å². The van der Waals surface area contributed by atoms with Crippen molar-refractivity contribution >= 4 is 11.7 Å². The van der Waals surface area contributed by atoms with Gasteiger partial charge in [-0.15, -0.1) is 0 Å². The van der Waals surface area contributed by atoms with Crippen molar-refractivity contribution in [2.24, 2.45) is 12.8 Å². The molecule has 2 heterocycles. The molecular formula is C17H17N5O. The van der Waals surface area contributed by atoms with E-state index in [1.54, 1.807) is 4.68 Å². The zero-order valence-corrected chi connectivity index (χ0v) is 12.9. The van der Waals surface area contributed by atoms with Crippen LogP contribution in [-0.4, -0.2) is 20.8 Å². The van der Waals surface area contributed by atoms with Crippen LogP contribution in [-0.2, 0) is 7.05 Å². The highest BCUT2D eigenvalue weighted by Crippen LogP contribution is 2.31. The van der Waals surface area contributed by atoms with Crippen molar-refractivity contribution in [3.05, 3.63) is 54.2 Å². The number of amides is 2. The van der Waals surface area contributed by atoms with Gasteiger partial charge in [-0.2, -0.15) is 5.10 Å². The van der Waals surface area contributed by atoms with Crippen LogP contribution < -0.4 is 11.1 Å². The van der Waals surface area contributed by atoms with Crippen LogP contribution in [0.2, 0.25) is 0 Å². The summed E-state index contributed by atoms with van der Waals surface area (Å²) in [6.45, 7) is 1.93. The van der Waals surface area contributed by atoms with E-state index in [2.05, 4.69) is 10.4 Å². The van der Waals surface area contributed by atoms with Gasteiger partial charge in [-0.25, -0.2) is 9.78 Å². The molecule has 0 saturated heterocycles. The Morgan fingerprint density at radius 3 is 2.52 bits per heavy atom. The topological polar surface area (TPSA) is 85.8 Å². The highest BCUT2D eigenvalue weighted by atomic mass is 16.2. The molecule has 0 fully saturated rings. The maximum Gasteiger partial charge on any atom is 0.316 e. The van der Waals surface area contributed by atoms with E-state index in [4.69, 9.17) is 10.7 Å². The van der Waals surface area contributed by atoms with Crippen molar-refractivity contribution < 1.29 is 4.79 Å². The molecule has 1 aromatic carbocycles. The van der Waals surface area contributed by atoms with Gasteiger partial charge in [-0.1, -0.05) is 30.3 Å². The van der Waals surface area contributed by atoms with Gasteiger partial charge in [0.2, 0.25) is 0 Å². The van der Waals surface area contributed by atoms with Gasteiger partial charge in [0.1, 0.15) is 5.69 Å². The Morgan fingerprint density at radius 1 is 1.17 bits per heavy atom. The first-order chi connectivity index (χ1) is 11.0. The molecule has 0 saturated carbocycles. The van der Waals surface area contributed by atoms with Crippen LogP contribution in [0, 0.1) is 6.92 Å². The van der Waals surface area contributed by atoms with Crippen molar-refractivity contribution in [1.82, 2.24) is 14.8 Å². The minimum Gasteiger partial charge on any atom is -0.351 e. The Kier molecular flexibility index (Phi) is 3.80. The molecule has 23 heavy (non-hydrogen) atoms. The summed E-state index contributed by atoms with van der Waals surface area (Å²) >= 11 is 0. The predicted molar refractivity (Wildman–Crippen MR) is 89.8 cm³/mol. The largest absolute Gasteiger partial charge is 0.351 e. The predicted octanol–water partition coefficient (Wildman–Crippen LogP) is 2.95. The van der Waals surface area contributed by atoms with E-state index in [1.807, 2.05) is 62.6 Å². The van der Waals surface area contributed by atoms with E-state index in [0.717, 1.165) is 22.5 Å². The summed E-state index contributed by atoms with van der Waals surface area (Å²) in [6, 6.07) is 12.8. The molecule has 0 atom stereocenters. The lowest BCUT2D eigenvalue weighted by atomic mass is 10.1. The van der Waals surface area contributed by atoms with Crippen LogP contribution in [0.5, 0.6) is 0 Å². The lowest BCUT2D eigenvalue weighted by molar-refractivity contribution is 0.259. The second-order valence-electron chi connectivity index (χ2n) is 5.28. The number of rotatable bonds is 3. The van der Waals surface area contributed by atoms with Gasteiger partial charge in [0, 0.05) is 18.8 Å². The maximum atomic E-state index is 11.3. The van der Waals surface area contributed by atoms with Gasteiger partial charge >= 0.3 is 6.03 Å². The first-order valence-electron chi connectivity index (χ1n) is 7.18. The molecule has 3 aromatic rings. The Bertz CT molecular complexity index is 855. The molecule has 116 valence electrons. The number of hydrogen-bond donors (Lipinski definition) is 2. The first kappa shape index (κ1) is 14.8. The Balaban J connectivity index is 2.19. The number of aromatic nitrogens is 3. The normalized spacial score (nSPS) is 10.5. The molecule has 0 unspecified atom stereocenters. The number of primary amides is 1. The maximum absolute atomic E-state index is 11.3. The number of nitrogens with zero attached hydrogens (tertiary/aromatic N) is 3. The number of carbonyl (C=O) groups is 1. The third kappa shape index (κ3) is 3.06. The van der Waals surface area contributed by atoms with E-state index >= 15 is 0 Å². The number of benzene rings is 1. The fraction of sp³-hybridized carbons (Fsp3) is 0.118. The highest BCUT2D eigenvalue weighted by molar-refractivity contribution is 5.93. The van der Waals surface area contributed by atoms with Crippen LogP contribution in [0.3, 0.4) is 0 Å². The molecule has 6 heteroatoms. The highest BCUT2D eigenvalue weighted by Gasteiger charge is 2.15. The van der Waals surface area contributed by atoms with Crippen LogP contribution in [0.4, 0.5) is 10.5 Å². The second-order valence-corrected chi connectivity index (χ2v) is 5.28. The van der Waals surface area contributed by atoms with E-state index in [0.29, 0.717) is 11.4 Å². The fourth-order valence-electron chi connectivity index (χ4n) is 2.46. The fourth-order valence-corrected chi connectivity index (χ4v) is 2.46. The van der Waals surface area contributed by atoms with Gasteiger partial charge < -0.3 is 11.1 Å². The van der Waals surface area contributed by atoms with E-state index in [9.17, 15) is 4.79 Å². The van der Waals surface area contributed by atoms with Crippen molar-refractivity contribution in [3.8, 4) is 22.6 Å². The van der Waals surface area contributed by atoms with E-state index in [-0.39, 0.29) is 0 Å². The molecule has 2 amide bonds. The average Bonchev–Trinajstić information content (AvgIpc) is 2.94. The van der Waals surface area contributed by atoms with Crippen LogP contribution in [0.15, 0.2) is 48.7 Å². The lowest BCUT2D eigenvalue weighted by Gasteiger charge is -2.13. The number of urea groups is 1. The van der Waals surface area contributed by atoms with Gasteiger partial charge in [0.05, 0.1) is 17.1 Å². The summed E-state index contributed by atoms with van der Waals surface area (Å²) in [7, 11) is 1.86.